The summed E-state index contributed by atoms with van der Waals surface area (Å²) >= 11 is 1.53. The van der Waals surface area contributed by atoms with Gasteiger partial charge in [-0.2, -0.15) is 5.10 Å². The van der Waals surface area contributed by atoms with E-state index < -0.39 is 5.97 Å². The van der Waals surface area contributed by atoms with Crippen LogP contribution in [0.4, 0.5) is 0 Å². The van der Waals surface area contributed by atoms with Gasteiger partial charge in [-0.25, -0.2) is 14.8 Å². The number of ether oxygens (including phenoxy) is 1. The van der Waals surface area contributed by atoms with Gasteiger partial charge in [-0.3, -0.25) is 4.79 Å². The third-order valence-corrected chi connectivity index (χ3v) is 4.27. The number of carbonyl (C=O) groups excluding carboxylic acids is 2. The van der Waals surface area contributed by atoms with Gasteiger partial charge in [0, 0.05) is 19.9 Å². The molecule has 0 aliphatic carbocycles. The van der Waals surface area contributed by atoms with Crippen molar-refractivity contribution in [2.24, 2.45) is 5.10 Å². The van der Waals surface area contributed by atoms with E-state index in [9.17, 15) is 9.59 Å². The number of nitrogens with zero attached hydrogens (tertiary/aromatic N) is 3. The van der Waals surface area contributed by atoms with E-state index in [0.717, 1.165) is 9.89 Å². The van der Waals surface area contributed by atoms with E-state index in [1.165, 1.54) is 18.4 Å². The summed E-state index contributed by atoms with van der Waals surface area (Å²) in [5.41, 5.74) is 0.814. The van der Waals surface area contributed by atoms with E-state index in [2.05, 4.69) is 10.1 Å². The number of amides is 1. The molecule has 8 heteroatoms. The molecule has 0 aromatic carbocycles. The van der Waals surface area contributed by atoms with Crippen LogP contribution < -0.4 is 0 Å². The summed E-state index contributed by atoms with van der Waals surface area (Å²) in [6.45, 7) is 1.79. The number of carbonyl (C=O) groups is 2. The molecule has 1 amide bonds. The van der Waals surface area contributed by atoms with Crippen LogP contribution in [0.5, 0.6) is 0 Å². The van der Waals surface area contributed by atoms with Crippen LogP contribution in [0.1, 0.15) is 24.3 Å². The number of esters is 1. The fourth-order valence-electron chi connectivity index (χ4n) is 2.10. The molecular formula is C15H15N3O4S. The van der Waals surface area contributed by atoms with E-state index in [4.69, 9.17) is 9.15 Å². The zero-order valence-electron chi connectivity index (χ0n) is 12.7. The third-order valence-electron chi connectivity index (χ3n) is 3.41. The van der Waals surface area contributed by atoms with E-state index >= 15 is 0 Å². The fraction of sp³-hybridized carbons (Fsp3) is 0.333. The van der Waals surface area contributed by atoms with Crippen molar-refractivity contribution in [1.82, 2.24) is 9.99 Å². The molecule has 1 aliphatic heterocycles. The highest BCUT2D eigenvalue weighted by Crippen LogP contribution is 2.26. The lowest BCUT2D eigenvalue weighted by Crippen LogP contribution is -2.32. The van der Waals surface area contributed by atoms with Crippen molar-refractivity contribution in [2.45, 2.75) is 26.4 Å². The fourth-order valence-corrected chi connectivity index (χ4v) is 2.75. The Balaban J connectivity index is 1.66. The van der Waals surface area contributed by atoms with Crippen molar-refractivity contribution in [2.75, 3.05) is 7.05 Å². The molecule has 0 bridgehead atoms. The predicted molar refractivity (Wildman–Crippen MR) is 83.8 cm³/mol. The number of aromatic nitrogens is 1. The van der Waals surface area contributed by atoms with Gasteiger partial charge in [0.1, 0.15) is 23.8 Å². The topological polar surface area (TPSA) is 85.0 Å². The highest BCUT2D eigenvalue weighted by Gasteiger charge is 2.23. The highest BCUT2D eigenvalue weighted by atomic mass is 32.1. The van der Waals surface area contributed by atoms with Crippen molar-refractivity contribution in [3.05, 3.63) is 29.0 Å². The summed E-state index contributed by atoms with van der Waals surface area (Å²) in [5.74, 6) is 0.474. The number of rotatable bonds is 4. The lowest BCUT2D eigenvalue weighted by molar-refractivity contribution is -0.137. The zero-order chi connectivity index (χ0) is 16.4. The molecule has 0 unspecified atom stereocenters. The zero-order valence-corrected chi connectivity index (χ0v) is 13.6. The Bertz CT molecular complexity index is 764. The third kappa shape index (κ3) is 3.31. The van der Waals surface area contributed by atoms with E-state index in [1.807, 2.05) is 17.5 Å². The summed E-state index contributed by atoms with van der Waals surface area (Å²) in [4.78, 5) is 28.6. The summed E-state index contributed by atoms with van der Waals surface area (Å²) in [7, 11) is 1.52. The number of hydrazone groups is 1. The van der Waals surface area contributed by atoms with Gasteiger partial charge in [-0.05, 0) is 18.4 Å². The smallest absolute Gasteiger partial charge is 0.354 e. The van der Waals surface area contributed by atoms with Gasteiger partial charge in [0.05, 0.1) is 4.88 Å². The summed E-state index contributed by atoms with van der Waals surface area (Å²) in [6.07, 6.45) is 0.552. The van der Waals surface area contributed by atoms with Gasteiger partial charge in [-0.1, -0.05) is 6.07 Å². The average molecular weight is 333 g/mol. The number of aryl methyl sites for hydroxylation is 1. The van der Waals surface area contributed by atoms with Crippen LogP contribution in [-0.2, 0) is 20.9 Å². The molecule has 0 spiro atoms. The monoisotopic (exact) mass is 333 g/mol. The second kappa shape index (κ2) is 6.33. The Labute approximate surface area is 136 Å². The molecule has 0 N–H and O–H groups in total. The van der Waals surface area contributed by atoms with E-state index in [1.54, 1.807) is 6.92 Å². The van der Waals surface area contributed by atoms with Crippen LogP contribution in [0, 0.1) is 6.92 Å². The molecule has 120 valence electrons. The van der Waals surface area contributed by atoms with Gasteiger partial charge >= 0.3 is 5.97 Å². The summed E-state index contributed by atoms with van der Waals surface area (Å²) in [5, 5.41) is 7.03. The maximum Gasteiger partial charge on any atom is 0.354 e. The average Bonchev–Trinajstić information content (AvgIpc) is 3.17. The summed E-state index contributed by atoms with van der Waals surface area (Å²) in [6, 6.07) is 3.83. The van der Waals surface area contributed by atoms with Crippen molar-refractivity contribution in [3.63, 3.8) is 0 Å². The van der Waals surface area contributed by atoms with Crippen LogP contribution >= 0.6 is 11.3 Å². The molecule has 3 rings (SSSR count). The molecule has 3 heterocycles. The Morgan fingerprint density at radius 2 is 2.30 bits per heavy atom. The van der Waals surface area contributed by atoms with Crippen molar-refractivity contribution < 1.29 is 18.7 Å². The number of hydrogen-bond acceptors (Lipinski definition) is 7. The van der Waals surface area contributed by atoms with Gasteiger partial charge in [-0.15, -0.1) is 11.3 Å². The minimum Gasteiger partial charge on any atom is -0.455 e. The van der Waals surface area contributed by atoms with Crippen molar-refractivity contribution >= 4 is 28.9 Å². The minimum absolute atomic E-state index is 0.0101. The van der Waals surface area contributed by atoms with Gasteiger partial charge in [0.2, 0.25) is 11.8 Å². The molecule has 0 atom stereocenters. The first-order valence-electron chi connectivity index (χ1n) is 7.06. The lowest BCUT2D eigenvalue weighted by Gasteiger charge is -2.18. The van der Waals surface area contributed by atoms with Gasteiger partial charge in [0.25, 0.3) is 0 Å². The molecule has 0 saturated heterocycles. The molecule has 0 fully saturated rings. The first-order chi connectivity index (χ1) is 11.0. The SMILES string of the molecule is Cc1oc(-c2cccs2)nc1COC(=O)C1=NN(C)C(=O)CC1. The first kappa shape index (κ1) is 15.4. The Morgan fingerprint density at radius 1 is 1.48 bits per heavy atom. The molecule has 2 aromatic rings. The quantitative estimate of drug-likeness (QED) is 0.802. The van der Waals surface area contributed by atoms with Gasteiger partial charge in [0.15, 0.2) is 0 Å². The lowest BCUT2D eigenvalue weighted by atomic mass is 10.2. The van der Waals surface area contributed by atoms with E-state index in [0.29, 0.717) is 23.8 Å². The maximum absolute atomic E-state index is 12.0. The van der Waals surface area contributed by atoms with Crippen LogP contribution in [0.2, 0.25) is 0 Å². The molecular weight excluding hydrogens is 318 g/mol. The standard InChI is InChI=1S/C15H15N3O4S/c1-9-11(16-14(22-9)12-4-3-7-23-12)8-21-15(20)10-5-6-13(19)18(2)17-10/h3-4,7H,5-6,8H2,1-2H3. The summed E-state index contributed by atoms with van der Waals surface area (Å²) < 4.78 is 10.8. The Hall–Kier alpha value is -2.48. The molecule has 1 aliphatic rings. The molecule has 0 radical (unpaired) electrons. The second-order valence-electron chi connectivity index (χ2n) is 5.04. The number of oxazole rings is 1. The van der Waals surface area contributed by atoms with Crippen LogP contribution in [0.25, 0.3) is 10.8 Å². The maximum atomic E-state index is 12.0. The van der Waals surface area contributed by atoms with Crippen molar-refractivity contribution in [3.8, 4) is 10.8 Å². The van der Waals surface area contributed by atoms with Crippen LogP contribution in [0.3, 0.4) is 0 Å². The van der Waals surface area contributed by atoms with Crippen molar-refractivity contribution in [1.29, 1.82) is 0 Å². The minimum atomic E-state index is -0.538. The van der Waals surface area contributed by atoms with Gasteiger partial charge < -0.3 is 9.15 Å². The highest BCUT2D eigenvalue weighted by molar-refractivity contribution is 7.13. The molecule has 2 aromatic heterocycles. The Kier molecular flexibility index (Phi) is 4.24. The van der Waals surface area contributed by atoms with E-state index in [-0.39, 0.29) is 24.6 Å². The predicted octanol–water partition coefficient (Wildman–Crippen LogP) is 2.36. The second-order valence-corrected chi connectivity index (χ2v) is 5.99. The molecule has 23 heavy (non-hydrogen) atoms. The van der Waals surface area contributed by atoms with Crippen LogP contribution in [0.15, 0.2) is 27.0 Å². The first-order valence-corrected chi connectivity index (χ1v) is 7.94. The Morgan fingerprint density at radius 3 is 3.00 bits per heavy atom. The number of hydrogen-bond donors (Lipinski definition) is 0. The molecule has 0 saturated carbocycles. The van der Waals surface area contributed by atoms with Crippen LogP contribution in [-0.4, -0.2) is 34.6 Å². The largest absolute Gasteiger partial charge is 0.455 e. The molecule has 7 nitrogen and oxygen atoms in total. The number of thiophene rings is 1. The normalized spacial score (nSPS) is 14.8.